The Morgan fingerprint density at radius 2 is 1.85 bits per heavy atom. The molecule has 0 aliphatic rings. The molecule has 1 aromatic carbocycles. The van der Waals surface area contributed by atoms with Gasteiger partial charge in [-0.15, -0.1) is 11.3 Å². The summed E-state index contributed by atoms with van der Waals surface area (Å²) in [6.45, 7) is 0.116. The van der Waals surface area contributed by atoms with Crippen molar-refractivity contribution >= 4 is 11.3 Å². The summed E-state index contributed by atoms with van der Waals surface area (Å²) in [5.41, 5.74) is 2.17. The van der Waals surface area contributed by atoms with Gasteiger partial charge < -0.3 is 5.11 Å². The van der Waals surface area contributed by atoms with Crippen LogP contribution in [-0.2, 0) is 6.61 Å². The van der Waals surface area contributed by atoms with Crippen molar-refractivity contribution in [3.8, 4) is 10.4 Å². The van der Waals surface area contributed by atoms with Gasteiger partial charge in [0.15, 0.2) is 0 Å². The molecule has 0 spiro atoms. The third kappa shape index (κ3) is 1.79. The molecule has 1 N–H and O–H groups in total. The first-order valence-corrected chi connectivity index (χ1v) is 5.02. The second kappa shape index (κ2) is 3.73. The van der Waals surface area contributed by atoms with Crippen LogP contribution in [0.4, 0.5) is 0 Å². The Hall–Kier alpha value is -1.12. The molecule has 0 saturated heterocycles. The van der Waals surface area contributed by atoms with Crippen molar-refractivity contribution in [3.63, 3.8) is 0 Å². The molecule has 0 bridgehead atoms. The molecule has 1 heterocycles. The molecular weight excluding hydrogens is 180 g/mol. The molecule has 0 radical (unpaired) electrons. The largest absolute Gasteiger partial charge is 0.392 e. The van der Waals surface area contributed by atoms with Crippen LogP contribution in [0.2, 0.25) is 0 Å². The fraction of sp³-hybridized carbons (Fsp3) is 0.0909. The van der Waals surface area contributed by atoms with Gasteiger partial charge in [0.25, 0.3) is 0 Å². The molecule has 0 saturated carbocycles. The van der Waals surface area contributed by atoms with Gasteiger partial charge in [-0.25, -0.2) is 0 Å². The first kappa shape index (κ1) is 8.48. The van der Waals surface area contributed by atoms with Gasteiger partial charge in [-0.2, -0.15) is 0 Å². The predicted octanol–water partition coefficient (Wildman–Crippen LogP) is 2.91. The number of rotatable bonds is 2. The predicted molar refractivity (Wildman–Crippen MR) is 55.7 cm³/mol. The molecule has 0 atom stereocenters. The van der Waals surface area contributed by atoms with Crippen LogP contribution in [0.15, 0.2) is 41.8 Å². The summed E-state index contributed by atoms with van der Waals surface area (Å²) >= 11 is 1.73. The number of aliphatic hydroxyl groups excluding tert-OH is 1. The molecule has 1 nitrogen and oxygen atoms in total. The second-order valence-electron chi connectivity index (χ2n) is 2.83. The maximum absolute atomic E-state index is 8.86. The Kier molecular flexibility index (Phi) is 2.43. The normalized spacial score (nSPS) is 10.2. The standard InChI is InChI=1S/C11H10OS/c12-8-9-3-5-10(6-4-9)11-2-1-7-13-11/h1-7,12H,8H2. The van der Waals surface area contributed by atoms with Crippen LogP contribution in [0, 0.1) is 0 Å². The third-order valence-electron chi connectivity index (χ3n) is 1.94. The molecule has 0 unspecified atom stereocenters. The van der Waals surface area contributed by atoms with E-state index in [4.69, 9.17) is 5.11 Å². The van der Waals surface area contributed by atoms with Crippen molar-refractivity contribution in [1.82, 2.24) is 0 Å². The highest BCUT2D eigenvalue weighted by Crippen LogP contribution is 2.24. The van der Waals surface area contributed by atoms with E-state index in [9.17, 15) is 0 Å². The topological polar surface area (TPSA) is 20.2 Å². The van der Waals surface area contributed by atoms with Gasteiger partial charge in [0.1, 0.15) is 0 Å². The number of hydrogen-bond donors (Lipinski definition) is 1. The summed E-state index contributed by atoms with van der Waals surface area (Å²) < 4.78 is 0. The zero-order valence-corrected chi connectivity index (χ0v) is 7.92. The lowest BCUT2D eigenvalue weighted by molar-refractivity contribution is 0.282. The van der Waals surface area contributed by atoms with Crippen LogP contribution >= 0.6 is 11.3 Å². The van der Waals surface area contributed by atoms with E-state index in [-0.39, 0.29) is 6.61 Å². The van der Waals surface area contributed by atoms with Gasteiger partial charge in [0.2, 0.25) is 0 Å². The van der Waals surface area contributed by atoms with Crippen LogP contribution < -0.4 is 0 Å². The van der Waals surface area contributed by atoms with Gasteiger partial charge in [0, 0.05) is 4.88 Å². The summed E-state index contributed by atoms with van der Waals surface area (Å²) in [7, 11) is 0. The van der Waals surface area contributed by atoms with E-state index < -0.39 is 0 Å². The lowest BCUT2D eigenvalue weighted by Crippen LogP contribution is -1.81. The Morgan fingerprint density at radius 3 is 2.38 bits per heavy atom. The number of hydrogen-bond acceptors (Lipinski definition) is 2. The van der Waals surface area contributed by atoms with Gasteiger partial charge in [-0.1, -0.05) is 30.3 Å². The summed E-state index contributed by atoms with van der Waals surface area (Å²) in [5.74, 6) is 0. The maximum Gasteiger partial charge on any atom is 0.0681 e. The van der Waals surface area contributed by atoms with Crippen molar-refractivity contribution in [1.29, 1.82) is 0 Å². The number of thiophene rings is 1. The van der Waals surface area contributed by atoms with Crippen molar-refractivity contribution in [3.05, 3.63) is 47.3 Å². The molecular formula is C11H10OS. The van der Waals surface area contributed by atoms with Crippen LogP contribution in [-0.4, -0.2) is 5.11 Å². The zero-order valence-electron chi connectivity index (χ0n) is 7.10. The van der Waals surface area contributed by atoms with Crippen molar-refractivity contribution in [2.45, 2.75) is 6.61 Å². The highest BCUT2D eigenvalue weighted by molar-refractivity contribution is 7.13. The van der Waals surface area contributed by atoms with E-state index in [0.29, 0.717) is 0 Å². The molecule has 2 heteroatoms. The Bertz CT molecular complexity index is 361. The Labute approximate surface area is 81.3 Å². The quantitative estimate of drug-likeness (QED) is 0.772. The third-order valence-corrected chi connectivity index (χ3v) is 2.86. The lowest BCUT2D eigenvalue weighted by atomic mass is 10.1. The van der Waals surface area contributed by atoms with Gasteiger partial charge in [-0.3, -0.25) is 0 Å². The van der Waals surface area contributed by atoms with Crippen molar-refractivity contribution in [2.24, 2.45) is 0 Å². The maximum atomic E-state index is 8.86. The van der Waals surface area contributed by atoms with Crippen LogP contribution in [0.3, 0.4) is 0 Å². The highest BCUT2D eigenvalue weighted by Gasteiger charge is 1.97. The Balaban J connectivity index is 2.33. The molecule has 1 aromatic heterocycles. The van der Waals surface area contributed by atoms with E-state index >= 15 is 0 Å². The van der Waals surface area contributed by atoms with Gasteiger partial charge >= 0.3 is 0 Å². The number of aliphatic hydroxyl groups is 1. The van der Waals surface area contributed by atoms with Crippen molar-refractivity contribution < 1.29 is 5.11 Å². The summed E-state index contributed by atoms with van der Waals surface area (Å²) in [6, 6.07) is 12.1. The second-order valence-corrected chi connectivity index (χ2v) is 3.78. The molecule has 0 aliphatic carbocycles. The van der Waals surface area contributed by atoms with E-state index in [1.165, 1.54) is 10.4 Å². The van der Waals surface area contributed by atoms with E-state index in [2.05, 4.69) is 11.4 Å². The van der Waals surface area contributed by atoms with Gasteiger partial charge in [-0.05, 0) is 22.6 Å². The SMILES string of the molecule is OCc1ccc(-c2cccs2)cc1. The minimum Gasteiger partial charge on any atom is -0.392 e. The molecule has 0 amide bonds. The lowest BCUT2D eigenvalue weighted by Gasteiger charge is -1.98. The smallest absolute Gasteiger partial charge is 0.0681 e. The molecule has 2 rings (SSSR count). The highest BCUT2D eigenvalue weighted by atomic mass is 32.1. The summed E-state index contributed by atoms with van der Waals surface area (Å²) in [6.07, 6.45) is 0. The average molecular weight is 190 g/mol. The fourth-order valence-corrected chi connectivity index (χ4v) is 1.95. The van der Waals surface area contributed by atoms with E-state index in [0.717, 1.165) is 5.56 Å². The molecule has 2 aromatic rings. The monoisotopic (exact) mass is 190 g/mol. The van der Waals surface area contributed by atoms with Gasteiger partial charge in [0.05, 0.1) is 6.61 Å². The number of benzene rings is 1. The molecule has 66 valence electrons. The van der Waals surface area contributed by atoms with Crippen LogP contribution in [0.5, 0.6) is 0 Å². The minimum atomic E-state index is 0.116. The first-order chi connectivity index (χ1) is 6.40. The van der Waals surface area contributed by atoms with Crippen LogP contribution in [0.25, 0.3) is 10.4 Å². The zero-order chi connectivity index (χ0) is 9.10. The van der Waals surface area contributed by atoms with E-state index in [1.54, 1.807) is 11.3 Å². The van der Waals surface area contributed by atoms with E-state index in [1.807, 2.05) is 30.3 Å². The molecule has 0 aliphatic heterocycles. The summed E-state index contributed by atoms with van der Waals surface area (Å²) in [5, 5.41) is 10.9. The molecule has 0 fully saturated rings. The Morgan fingerprint density at radius 1 is 1.08 bits per heavy atom. The molecule has 13 heavy (non-hydrogen) atoms. The first-order valence-electron chi connectivity index (χ1n) is 4.14. The fourth-order valence-electron chi connectivity index (χ4n) is 1.22. The van der Waals surface area contributed by atoms with Crippen molar-refractivity contribution in [2.75, 3.05) is 0 Å². The summed E-state index contributed by atoms with van der Waals surface area (Å²) in [4.78, 5) is 1.27. The minimum absolute atomic E-state index is 0.116. The van der Waals surface area contributed by atoms with Crippen LogP contribution in [0.1, 0.15) is 5.56 Å². The average Bonchev–Trinajstić information content (AvgIpc) is 2.71.